The number of benzene rings is 1. The number of nitrogens with zero attached hydrogens (tertiary/aromatic N) is 1. The number of rotatable bonds is 4. The molecule has 0 saturated carbocycles. The maximum Gasteiger partial charge on any atom is 0.425 e. The lowest BCUT2D eigenvalue weighted by Crippen LogP contribution is -2.66. The van der Waals surface area contributed by atoms with Gasteiger partial charge in [-0.25, -0.2) is 4.39 Å². The molecule has 5 nitrogen and oxygen atoms in total. The Bertz CT molecular complexity index is 1150. The van der Waals surface area contributed by atoms with Gasteiger partial charge >= 0.3 is 6.18 Å². The number of alkyl halides is 3. The predicted octanol–water partition coefficient (Wildman–Crippen LogP) is 4.60. The number of Topliss-reactive ketones (excluding diaryl/α,β-unsaturated/α-hetero) is 1. The monoisotopic (exact) mass is 480 g/mol. The van der Waals surface area contributed by atoms with E-state index in [1.54, 1.807) is 13.8 Å². The summed E-state index contributed by atoms with van der Waals surface area (Å²) in [5, 5.41) is 3.40. The Morgan fingerprint density at radius 1 is 1.12 bits per heavy atom. The molecular formula is C23H20F4N2O3S. The molecule has 2 amide bonds. The van der Waals surface area contributed by atoms with Gasteiger partial charge in [-0.2, -0.15) is 13.2 Å². The molecule has 0 bridgehead atoms. The first-order valence-electron chi connectivity index (χ1n) is 10.1. The molecule has 0 radical (unpaired) electrons. The van der Waals surface area contributed by atoms with Crippen LogP contribution in [0.4, 0.5) is 17.6 Å². The van der Waals surface area contributed by atoms with Crippen LogP contribution in [0.2, 0.25) is 0 Å². The zero-order valence-corrected chi connectivity index (χ0v) is 18.6. The lowest BCUT2D eigenvalue weighted by atomic mass is 9.72. The summed E-state index contributed by atoms with van der Waals surface area (Å²) in [6, 6.07) is 7.82. The van der Waals surface area contributed by atoms with E-state index < -0.39 is 46.1 Å². The number of halogens is 4. The SMILES string of the molecule is CC1(C)CC(=O)C2=C(C1)N(Cc1ccc(F)cc1)C(=O)[C@]2(NC(=O)c1cccs1)C(F)(F)F. The fourth-order valence-electron chi connectivity index (χ4n) is 4.41. The Morgan fingerprint density at radius 2 is 1.79 bits per heavy atom. The molecule has 2 aromatic rings. The maximum atomic E-state index is 14.7. The van der Waals surface area contributed by atoms with Crippen molar-refractivity contribution in [2.45, 2.75) is 44.9 Å². The smallest absolute Gasteiger partial charge is 0.326 e. The maximum absolute atomic E-state index is 14.7. The van der Waals surface area contributed by atoms with Crippen LogP contribution in [-0.2, 0) is 16.1 Å². The van der Waals surface area contributed by atoms with E-state index in [4.69, 9.17) is 0 Å². The Morgan fingerprint density at radius 3 is 2.36 bits per heavy atom. The lowest BCUT2D eigenvalue weighted by Gasteiger charge is -2.35. The molecule has 10 heteroatoms. The Kier molecular flexibility index (Phi) is 5.47. The van der Waals surface area contributed by atoms with E-state index in [1.165, 1.54) is 29.6 Å². The van der Waals surface area contributed by atoms with E-state index >= 15 is 0 Å². The molecule has 1 atom stereocenters. The molecule has 1 aliphatic carbocycles. The second kappa shape index (κ2) is 7.79. The number of hydrogen-bond acceptors (Lipinski definition) is 4. The van der Waals surface area contributed by atoms with Crippen molar-refractivity contribution in [2.75, 3.05) is 0 Å². The minimum atomic E-state index is -5.27. The summed E-state index contributed by atoms with van der Waals surface area (Å²) in [6.45, 7) is 3.16. The topological polar surface area (TPSA) is 66.5 Å². The van der Waals surface area contributed by atoms with Crippen molar-refractivity contribution < 1.29 is 31.9 Å². The van der Waals surface area contributed by atoms with Crippen molar-refractivity contribution in [3.05, 3.63) is 69.3 Å². The van der Waals surface area contributed by atoms with Crippen molar-refractivity contribution in [3.63, 3.8) is 0 Å². The fourth-order valence-corrected chi connectivity index (χ4v) is 5.02. The van der Waals surface area contributed by atoms with Crippen molar-refractivity contribution in [1.82, 2.24) is 10.2 Å². The number of ketones is 1. The second-order valence-electron chi connectivity index (χ2n) is 8.96. The Balaban J connectivity index is 1.87. The van der Waals surface area contributed by atoms with Gasteiger partial charge in [0.15, 0.2) is 5.78 Å². The number of amides is 2. The lowest BCUT2D eigenvalue weighted by molar-refractivity contribution is -0.190. The van der Waals surface area contributed by atoms with Crippen LogP contribution < -0.4 is 5.32 Å². The molecule has 0 fully saturated rings. The van der Waals surface area contributed by atoms with E-state index in [0.717, 1.165) is 28.4 Å². The summed E-state index contributed by atoms with van der Waals surface area (Å²) >= 11 is 0.919. The molecule has 4 rings (SSSR count). The van der Waals surface area contributed by atoms with E-state index in [0.29, 0.717) is 5.56 Å². The zero-order valence-electron chi connectivity index (χ0n) is 17.8. The second-order valence-corrected chi connectivity index (χ2v) is 9.91. The summed E-state index contributed by atoms with van der Waals surface area (Å²) in [4.78, 5) is 40.2. The van der Waals surface area contributed by atoms with Gasteiger partial charge in [0, 0.05) is 12.1 Å². The number of carbonyl (C=O) groups excluding carboxylic acids is 3. The molecule has 0 unspecified atom stereocenters. The van der Waals surface area contributed by atoms with Crippen LogP contribution in [0.25, 0.3) is 0 Å². The van der Waals surface area contributed by atoms with Gasteiger partial charge in [-0.1, -0.05) is 32.0 Å². The highest BCUT2D eigenvalue weighted by atomic mass is 32.1. The average molecular weight is 480 g/mol. The van der Waals surface area contributed by atoms with Crippen molar-refractivity contribution >= 4 is 28.9 Å². The average Bonchev–Trinajstić information content (AvgIpc) is 3.31. The van der Waals surface area contributed by atoms with Gasteiger partial charge < -0.3 is 10.2 Å². The molecule has 1 aliphatic heterocycles. The normalized spacial score (nSPS) is 22.5. The molecule has 33 heavy (non-hydrogen) atoms. The summed E-state index contributed by atoms with van der Waals surface area (Å²) in [7, 11) is 0. The molecule has 174 valence electrons. The van der Waals surface area contributed by atoms with Crippen LogP contribution in [0.15, 0.2) is 53.0 Å². The van der Waals surface area contributed by atoms with Crippen LogP contribution in [0.1, 0.15) is 41.9 Å². The van der Waals surface area contributed by atoms with Crippen LogP contribution in [0.5, 0.6) is 0 Å². The molecule has 2 aliphatic rings. The minimum Gasteiger partial charge on any atom is -0.326 e. The Hall–Kier alpha value is -3.01. The third-order valence-electron chi connectivity index (χ3n) is 5.84. The van der Waals surface area contributed by atoms with Gasteiger partial charge in [0.1, 0.15) is 5.82 Å². The number of allylic oxidation sites excluding steroid dienone is 1. The molecule has 1 N–H and O–H groups in total. The Labute approximate surface area is 191 Å². The highest BCUT2D eigenvalue weighted by molar-refractivity contribution is 7.12. The van der Waals surface area contributed by atoms with Crippen LogP contribution in [0, 0.1) is 11.2 Å². The predicted molar refractivity (Wildman–Crippen MR) is 113 cm³/mol. The van der Waals surface area contributed by atoms with Gasteiger partial charge in [0.05, 0.1) is 17.0 Å². The molecule has 0 spiro atoms. The van der Waals surface area contributed by atoms with Gasteiger partial charge in [0.2, 0.25) is 5.54 Å². The molecule has 1 aromatic carbocycles. The van der Waals surface area contributed by atoms with Gasteiger partial charge in [-0.05, 0) is 41.0 Å². The highest BCUT2D eigenvalue weighted by Gasteiger charge is 2.71. The first-order chi connectivity index (χ1) is 15.4. The van der Waals surface area contributed by atoms with Gasteiger partial charge in [-0.15, -0.1) is 11.3 Å². The summed E-state index contributed by atoms with van der Waals surface area (Å²) in [6.07, 6.45) is -5.43. The fraction of sp³-hybridized carbons (Fsp3) is 0.348. The van der Waals surface area contributed by atoms with E-state index in [1.807, 2.05) is 5.32 Å². The number of thiophene rings is 1. The first kappa shape index (κ1) is 23.2. The standard InChI is InChI=1S/C23H20F4N2O3S/c1-21(2)10-15-18(16(30)11-21)22(23(25,26)27,28-19(31)17-4-3-9-33-17)20(32)29(15)12-13-5-7-14(24)8-6-13/h3-9H,10-12H2,1-2H3,(H,28,31)/t22-/m0/s1. The largest absolute Gasteiger partial charge is 0.425 e. The van der Waals surface area contributed by atoms with Gasteiger partial charge in [0.25, 0.3) is 11.8 Å². The summed E-state index contributed by atoms with van der Waals surface area (Å²) in [5.74, 6) is -3.91. The minimum absolute atomic E-state index is 0.0193. The molecule has 0 saturated heterocycles. The van der Waals surface area contributed by atoms with E-state index in [9.17, 15) is 31.9 Å². The number of hydrogen-bond donors (Lipinski definition) is 1. The van der Waals surface area contributed by atoms with Crippen molar-refractivity contribution in [3.8, 4) is 0 Å². The van der Waals surface area contributed by atoms with E-state index in [-0.39, 0.29) is 30.0 Å². The molecule has 2 heterocycles. The molecule has 1 aromatic heterocycles. The summed E-state index contributed by atoms with van der Waals surface area (Å²) < 4.78 is 57.4. The van der Waals surface area contributed by atoms with Crippen molar-refractivity contribution in [2.24, 2.45) is 5.41 Å². The zero-order chi connectivity index (χ0) is 24.2. The quantitative estimate of drug-likeness (QED) is 0.651. The van der Waals surface area contributed by atoms with Crippen LogP contribution in [0.3, 0.4) is 0 Å². The third-order valence-corrected chi connectivity index (χ3v) is 6.71. The highest BCUT2D eigenvalue weighted by Crippen LogP contribution is 2.52. The number of carbonyl (C=O) groups is 3. The van der Waals surface area contributed by atoms with Crippen molar-refractivity contribution in [1.29, 1.82) is 0 Å². The molecular weight excluding hydrogens is 460 g/mol. The van der Waals surface area contributed by atoms with Crippen LogP contribution >= 0.6 is 11.3 Å². The third kappa shape index (κ3) is 3.86. The first-order valence-corrected chi connectivity index (χ1v) is 11.0. The van der Waals surface area contributed by atoms with E-state index in [2.05, 4.69) is 0 Å². The number of nitrogens with one attached hydrogen (secondary N) is 1. The summed E-state index contributed by atoms with van der Waals surface area (Å²) in [5.41, 5.74) is -4.58. The van der Waals surface area contributed by atoms with Gasteiger partial charge in [-0.3, -0.25) is 14.4 Å². The van der Waals surface area contributed by atoms with Crippen LogP contribution in [-0.4, -0.2) is 34.2 Å².